The van der Waals surface area contributed by atoms with Gasteiger partial charge in [-0.3, -0.25) is 0 Å². The van der Waals surface area contributed by atoms with Gasteiger partial charge in [-0.2, -0.15) is 0 Å². The minimum Gasteiger partial charge on any atom is -0.505 e. The monoisotopic (exact) mass is 385 g/mol. The van der Waals surface area contributed by atoms with Crippen molar-refractivity contribution in [3.8, 4) is 17.2 Å². The number of nitrogens with zero attached hydrogens (tertiary/aromatic N) is 1. The Morgan fingerprint density at radius 3 is 2.31 bits per heavy atom. The first-order valence-electron chi connectivity index (χ1n) is 9.19. The van der Waals surface area contributed by atoms with Crippen LogP contribution in [0.2, 0.25) is 0 Å². The Labute approximate surface area is 168 Å². The van der Waals surface area contributed by atoms with Gasteiger partial charge >= 0.3 is 5.97 Å². The van der Waals surface area contributed by atoms with E-state index in [2.05, 4.69) is 4.98 Å². The molecule has 3 aromatic carbocycles. The zero-order valence-corrected chi connectivity index (χ0v) is 15.8. The summed E-state index contributed by atoms with van der Waals surface area (Å²) in [4.78, 5) is 16.8. The van der Waals surface area contributed by atoms with Crippen molar-refractivity contribution in [2.24, 2.45) is 0 Å². The Morgan fingerprint density at radius 2 is 1.59 bits per heavy atom. The molecule has 0 aliphatic carbocycles. The second kappa shape index (κ2) is 8.02. The normalized spacial score (nSPS) is 10.7. The zero-order chi connectivity index (χ0) is 20.2. The number of hydrogen-bond acceptors (Lipinski definition) is 5. The van der Waals surface area contributed by atoms with Gasteiger partial charge in [-0.25, -0.2) is 9.78 Å². The van der Waals surface area contributed by atoms with Crippen LogP contribution in [0, 0.1) is 6.92 Å². The fraction of sp³-hybridized carbons (Fsp3) is 0.0833. The second-order valence-corrected chi connectivity index (χ2v) is 6.58. The van der Waals surface area contributed by atoms with Gasteiger partial charge in [0.25, 0.3) is 0 Å². The summed E-state index contributed by atoms with van der Waals surface area (Å²) in [6.45, 7) is 1.89. The topological polar surface area (TPSA) is 68.7 Å². The zero-order valence-electron chi connectivity index (χ0n) is 15.8. The largest absolute Gasteiger partial charge is 0.505 e. The highest BCUT2D eigenvalue weighted by Crippen LogP contribution is 2.33. The van der Waals surface area contributed by atoms with Gasteiger partial charge in [-0.1, -0.05) is 48.5 Å². The molecule has 0 atom stereocenters. The van der Waals surface area contributed by atoms with E-state index in [0.29, 0.717) is 28.0 Å². The number of fused-ring (bicyclic) bond motifs is 1. The third-order valence-corrected chi connectivity index (χ3v) is 4.52. The fourth-order valence-corrected chi connectivity index (χ4v) is 3.06. The predicted molar refractivity (Wildman–Crippen MR) is 110 cm³/mol. The quantitative estimate of drug-likeness (QED) is 0.466. The predicted octanol–water partition coefficient (Wildman–Crippen LogP) is 5.40. The van der Waals surface area contributed by atoms with Gasteiger partial charge in [0, 0.05) is 16.5 Å². The van der Waals surface area contributed by atoms with Gasteiger partial charge in [0.1, 0.15) is 18.1 Å². The number of ether oxygens (including phenoxy) is 2. The number of hydrogen-bond donors (Lipinski definition) is 1. The Bertz CT molecular complexity index is 1160. The van der Waals surface area contributed by atoms with Crippen molar-refractivity contribution in [1.29, 1.82) is 0 Å². The number of aromatic hydroxyl groups is 1. The molecule has 1 N–H and O–H groups in total. The van der Waals surface area contributed by atoms with Crippen LogP contribution < -0.4 is 4.74 Å². The summed E-state index contributed by atoms with van der Waals surface area (Å²) in [5.74, 6) is 0.464. The highest BCUT2D eigenvalue weighted by Gasteiger charge is 2.19. The highest BCUT2D eigenvalue weighted by atomic mass is 16.5. The van der Waals surface area contributed by atoms with E-state index in [1.54, 1.807) is 25.1 Å². The maximum atomic E-state index is 12.5. The van der Waals surface area contributed by atoms with Crippen molar-refractivity contribution in [2.75, 3.05) is 0 Å². The number of esters is 1. The molecule has 0 saturated heterocycles. The number of rotatable bonds is 5. The number of carbonyl (C=O) groups excluding carboxylic acids is 1. The number of aromatic nitrogens is 1. The van der Waals surface area contributed by atoms with Crippen LogP contribution in [-0.4, -0.2) is 16.1 Å². The van der Waals surface area contributed by atoms with Crippen molar-refractivity contribution >= 4 is 16.7 Å². The minimum absolute atomic E-state index is 0.0948. The van der Waals surface area contributed by atoms with Gasteiger partial charge < -0.3 is 14.6 Å². The van der Waals surface area contributed by atoms with E-state index < -0.39 is 5.97 Å². The van der Waals surface area contributed by atoms with Crippen LogP contribution in [0.25, 0.3) is 10.8 Å². The first kappa shape index (κ1) is 18.5. The summed E-state index contributed by atoms with van der Waals surface area (Å²) < 4.78 is 11.2. The molecule has 5 heteroatoms. The molecule has 0 aliphatic heterocycles. The summed E-state index contributed by atoms with van der Waals surface area (Å²) in [7, 11) is 0. The molecule has 1 aromatic heterocycles. The Morgan fingerprint density at radius 1 is 0.897 bits per heavy atom. The lowest BCUT2D eigenvalue weighted by molar-refractivity contribution is 0.0462. The van der Waals surface area contributed by atoms with Crippen LogP contribution in [0.4, 0.5) is 0 Å². The lowest BCUT2D eigenvalue weighted by Crippen LogP contribution is -2.09. The molecule has 0 bridgehead atoms. The van der Waals surface area contributed by atoms with Crippen LogP contribution >= 0.6 is 0 Å². The van der Waals surface area contributed by atoms with Gasteiger partial charge in [0.15, 0.2) is 11.4 Å². The van der Waals surface area contributed by atoms with E-state index in [0.717, 1.165) is 5.56 Å². The molecule has 29 heavy (non-hydrogen) atoms. The van der Waals surface area contributed by atoms with Crippen molar-refractivity contribution < 1.29 is 19.4 Å². The molecule has 0 saturated carbocycles. The Kier molecular flexibility index (Phi) is 5.12. The molecule has 0 radical (unpaired) electrons. The lowest BCUT2D eigenvalue weighted by atomic mass is 10.1. The first-order chi connectivity index (χ1) is 14.1. The number of carbonyl (C=O) groups is 1. The summed E-state index contributed by atoms with van der Waals surface area (Å²) >= 11 is 0. The first-order valence-corrected chi connectivity index (χ1v) is 9.19. The van der Waals surface area contributed by atoms with E-state index in [9.17, 15) is 9.90 Å². The van der Waals surface area contributed by atoms with Gasteiger partial charge in [-0.15, -0.1) is 0 Å². The lowest BCUT2D eigenvalue weighted by Gasteiger charge is -2.12. The third kappa shape index (κ3) is 4.04. The molecule has 0 unspecified atom stereocenters. The van der Waals surface area contributed by atoms with Crippen LogP contribution in [0.3, 0.4) is 0 Å². The molecule has 4 rings (SSSR count). The Hall–Kier alpha value is -3.86. The van der Waals surface area contributed by atoms with Crippen molar-refractivity contribution in [3.05, 3.63) is 95.8 Å². The summed E-state index contributed by atoms with van der Waals surface area (Å²) in [6.07, 6.45) is 0. The number of benzene rings is 3. The van der Waals surface area contributed by atoms with E-state index in [-0.39, 0.29) is 18.1 Å². The maximum Gasteiger partial charge on any atom is 0.361 e. The van der Waals surface area contributed by atoms with Crippen molar-refractivity contribution in [2.45, 2.75) is 13.5 Å². The van der Waals surface area contributed by atoms with Crippen molar-refractivity contribution in [1.82, 2.24) is 4.98 Å². The van der Waals surface area contributed by atoms with Crippen LogP contribution in [-0.2, 0) is 11.3 Å². The minimum atomic E-state index is -0.666. The number of pyridine rings is 1. The smallest absolute Gasteiger partial charge is 0.361 e. The molecule has 0 spiro atoms. The number of aryl methyl sites for hydroxylation is 1. The molecular weight excluding hydrogens is 366 g/mol. The van der Waals surface area contributed by atoms with Crippen LogP contribution in [0.1, 0.15) is 21.7 Å². The maximum absolute atomic E-state index is 12.5. The van der Waals surface area contributed by atoms with Crippen molar-refractivity contribution in [3.63, 3.8) is 0 Å². The average molecular weight is 385 g/mol. The molecule has 0 fully saturated rings. The molecule has 0 amide bonds. The van der Waals surface area contributed by atoms with Crippen LogP contribution in [0.5, 0.6) is 17.2 Å². The Balaban J connectivity index is 1.60. The van der Waals surface area contributed by atoms with Gasteiger partial charge in [-0.05, 0) is 42.8 Å². The molecule has 5 nitrogen and oxygen atoms in total. The molecule has 1 heterocycles. The van der Waals surface area contributed by atoms with E-state index in [1.807, 2.05) is 60.7 Å². The SMILES string of the molecule is Cc1nc(C(=O)OCc2ccccc2)c(O)c2ccc(Oc3ccccc3)cc12. The molecule has 0 aliphatic rings. The van der Waals surface area contributed by atoms with E-state index in [4.69, 9.17) is 9.47 Å². The summed E-state index contributed by atoms with van der Waals surface area (Å²) in [6, 6.07) is 24.0. The van der Waals surface area contributed by atoms with Gasteiger partial charge in [0.2, 0.25) is 0 Å². The average Bonchev–Trinajstić information content (AvgIpc) is 2.76. The standard InChI is InChI=1S/C24H19NO4/c1-16-21-14-19(29-18-10-6-3-7-11-18)12-13-20(21)23(26)22(25-16)24(27)28-15-17-8-4-2-5-9-17/h2-14,26H,15H2,1H3. The van der Waals surface area contributed by atoms with E-state index >= 15 is 0 Å². The van der Waals surface area contributed by atoms with Gasteiger partial charge in [0.05, 0.1) is 0 Å². The second-order valence-electron chi connectivity index (χ2n) is 6.58. The third-order valence-electron chi connectivity index (χ3n) is 4.52. The van der Waals surface area contributed by atoms with E-state index in [1.165, 1.54) is 0 Å². The summed E-state index contributed by atoms with van der Waals surface area (Å²) in [5.41, 5.74) is 1.37. The number of para-hydroxylation sites is 1. The van der Waals surface area contributed by atoms with Crippen LogP contribution in [0.15, 0.2) is 78.9 Å². The summed E-state index contributed by atoms with van der Waals surface area (Å²) in [5, 5.41) is 11.8. The molecule has 4 aromatic rings. The highest BCUT2D eigenvalue weighted by molar-refractivity contribution is 6.00. The fourth-order valence-electron chi connectivity index (χ4n) is 3.06. The molecular formula is C24H19NO4. The molecule has 144 valence electrons.